The maximum absolute atomic E-state index is 12.7. The summed E-state index contributed by atoms with van der Waals surface area (Å²) in [4.78, 5) is 32.2. The molecule has 0 bridgehead atoms. The molecule has 3 aromatic heterocycles. The molecule has 1 amide bonds. The highest BCUT2D eigenvalue weighted by Gasteiger charge is 2.25. The van der Waals surface area contributed by atoms with E-state index in [1.165, 1.54) is 0 Å². The minimum Gasteiger partial charge on any atom is -0.337 e. The number of hydrogen-bond donors (Lipinski definition) is 0. The average Bonchev–Trinajstić information content (AvgIpc) is 3.14. The molecular formula is C21H24N6O. The van der Waals surface area contributed by atoms with E-state index in [4.69, 9.17) is 4.98 Å². The van der Waals surface area contributed by atoms with Crippen molar-refractivity contribution in [2.75, 3.05) is 13.1 Å². The minimum absolute atomic E-state index is 0.0279. The van der Waals surface area contributed by atoms with Gasteiger partial charge in [0.05, 0.1) is 30.1 Å². The topological polar surface area (TPSA) is 76.8 Å². The molecule has 0 aromatic carbocycles. The van der Waals surface area contributed by atoms with Gasteiger partial charge in [-0.1, -0.05) is 6.07 Å². The van der Waals surface area contributed by atoms with E-state index < -0.39 is 0 Å². The minimum atomic E-state index is 0.0279. The first-order valence-electron chi connectivity index (χ1n) is 9.60. The van der Waals surface area contributed by atoms with Crippen LogP contribution in [0.2, 0.25) is 0 Å². The Bertz CT molecular complexity index is 974. The van der Waals surface area contributed by atoms with E-state index >= 15 is 0 Å². The number of aromatic nitrogens is 5. The zero-order valence-electron chi connectivity index (χ0n) is 16.2. The first-order valence-corrected chi connectivity index (χ1v) is 9.60. The van der Waals surface area contributed by atoms with Gasteiger partial charge in [-0.25, -0.2) is 15.0 Å². The Morgan fingerprint density at radius 1 is 1.11 bits per heavy atom. The third kappa shape index (κ3) is 3.93. The SMILES string of the molecule is Cc1cccc(C(=O)N2CCC(Cc3cncc(-c4cncn4C)n3)CC2)n1. The lowest BCUT2D eigenvalue weighted by Gasteiger charge is -2.31. The summed E-state index contributed by atoms with van der Waals surface area (Å²) in [6, 6.07) is 5.58. The summed E-state index contributed by atoms with van der Waals surface area (Å²) in [6.07, 6.45) is 10.00. The van der Waals surface area contributed by atoms with E-state index in [0.29, 0.717) is 11.6 Å². The van der Waals surface area contributed by atoms with Gasteiger partial charge in [-0.2, -0.15) is 0 Å². The number of amides is 1. The molecule has 7 nitrogen and oxygen atoms in total. The van der Waals surface area contributed by atoms with Crippen LogP contribution in [0.15, 0.2) is 43.1 Å². The maximum Gasteiger partial charge on any atom is 0.272 e. The van der Waals surface area contributed by atoms with Gasteiger partial charge >= 0.3 is 0 Å². The number of piperidine rings is 1. The van der Waals surface area contributed by atoms with Gasteiger partial charge in [0.25, 0.3) is 5.91 Å². The van der Waals surface area contributed by atoms with Crippen LogP contribution in [0, 0.1) is 12.8 Å². The maximum atomic E-state index is 12.7. The van der Waals surface area contributed by atoms with Crippen LogP contribution in [0.25, 0.3) is 11.4 Å². The summed E-state index contributed by atoms with van der Waals surface area (Å²) in [5.74, 6) is 0.533. The first kappa shape index (κ1) is 18.3. The molecule has 1 fully saturated rings. The van der Waals surface area contributed by atoms with Gasteiger partial charge in [0.15, 0.2) is 0 Å². The van der Waals surface area contributed by atoms with Gasteiger partial charge in [0, 0.05) is 32.0 Å². The van der Waals surface area contributed by atoms with Crippen molar-refractivity contribution >= 4 is 5.91 Å². The zero-order valence-corrected chi connectivity index (χ0v) is 16.2. The molecule has 4 heterocycles. The third-order valence-electron chi connectivity index (χ3n) is 5.27. The number of carbonyl (C=O) groups is 1. The first-order chi connectivity index (χ1) is 13.6. The predicted molar refractivity (Wildman–Crippen MR) is 106 cm³/mol. The van der Waals surface area contributed by atoms with E-state index in [1.54, 1.807) is 24.8 Å². The van der Waals surface area contributed by atoms with E-state index in [0.717, 1.165) is 55.1 Å². The van der Waals surface area contributed by atoms with Crippen LogP contribution < -0.4 is 0 Å². The second-order valence-corrected chi connectivity index (χ2v) is 7.39. The highest BCUT2D eigenvalue weighted by atomic mass is 16.2. The van der Waals surface area contributed by atoms with E-state index in [9.17, 15) is 4.79 Å². The van der Waals surface area contributed by atoms with Crippen molar-refractivity contribution in [2.24, 2.45) is 13.0 Å². The van der Waals surface area contributed by atoms with Crippen LogP contribution in [0.3, 0.4) is 0 Å². The van der Waals surface area contributed by atoms with Gasteiger partial charge in [0.1, 0.15) is 11.4 Å². The molecule has 7 heteroatoms. The Morgan fingerprint density at radius 3 is 2.64 bits per heavy atom. The fourth-order valence-corrected chi connectivity index (χ4v) is 3.69. The van der Waals surface area contributed by atoms with Crippen molar-refractivity contribution in [3.8, 4) is 11.4 Å². The van der Waals surface area contributed by atoms with Crippen molar-refractivity contribution in [3.63, 3.8) is 0 Å². The lowest BCUT2D eigenvalue weighted by molar-refractivity contribution is 0.0684. The Morgan fingerprint density at radius 2 is 1.93 bits per heavy atom. The van der Waals surface area contributed by atoms with Crippen LogP contribution >= 0.6 is 0 Å². The van der Waals surface area contributed by atoms with Crippen LogP contribution in [0.5, 0.6) is 0 Å². The molecule has 1 aliphatic heterocycles. The van der Waals surface area contributed by atoms with Crippen molar-refractivity contribution in [1.29, 1.82) is 0 Å². The van der Waals surface area contributed by atoms with Crippen LogP contribution in [-0.4, -0.2) is 48.4 Å². The summed E-state index contributed by atoms with van der Waals surface area (Å²) in [7, 11) is 1.95. The molecule has 3 aromatic rings. The van der Waals surface area contributed by atoms with E-state index in [-0.39, 0.29) is 5.91 Å². The predicted octanol–water partition coefficient (Wildman–Crippen LogP) is 2.68. The molecule has 0 radical (unpaired) electrons. The van der Waals surface area contributed by atoms with E-state index in [2.05, 4.69) is 15.0 Å². The van der Waals surface area contributed by atoms with E-state index in [1.807, 2.05) is 41.8 Å². The molecule has 144 valence electrons. The summed E-state index contributed by atoms with van der Waals surface area (Å²) >= 11 is 0. The summed E-state index contributed by atoms with van der Waals surface area (Å²) in [6.45, 7) is 3.42. The van der Waals surface area contributed by atoms with Gasteiger partial charge in [-0.05, 0) is 44.2 Å². The van der Waals surface area contributed by atoms with Crippen molar-refractivity contribution < 1.29 is 4.79 Å². The highest BCUT2D eigenvalue weighted by Crippen LogP contribution is 2.23. The molecule has 0 spiro atoms. The quantitative estimate of drug-likeness (QED) is 0.700. The number of hydrogen-bond acceptors (Lipinski definition) is 5. The average molecular weight is 376 g/mol. The monoisotopic (exact) mass is 376 g/mol. The summed E-state index contributed by atoms with van der Waals surface area (Å²) in [5, 5.41) is 0. The standard InChI is InChI=1S/C21H24N6O/c1-15-4-3-5-18(24-15)21(28)27-8-6-16(7-9-27)10-17-11-22-12-19(25-17)20-13-23-14-26(20)2/h3-5,11-14,16H,6-10H2,1-2H3. The fraction of sp³-hybridized carbons (Fsp3) is 0.381. The zero-order chi connectivity index (χ0) is 19.5. The number of rotatable bonds is 4. The summed E-state index contributed by atoms with van der Waals surface area (Å²) < 4.78 is 1.94. The highest BCUT2D eigenvalue weighted by molar-refractivity contribution is 5.92. The Labute approximate surface area is 164 Å². The normalized spacial score (nSPS) is 15.0. The van der Waals surface area contributed by atoms with Crippen molar-refractivity contribution in [1.82, 2.24) is 29.4 Å². The molecule has 0 unspecified atom stereocenters. The molecule has 28 heavy (non-hydrogen) atoms. The van der Waals surface area contributed by atoms with Gasteiger partial charge in [-0.3, -0.25) is 9.78 Å². The lowest BCUT2D eigenvalue weighted by atomic mass is 9.92. The van der Waals surface area contributed by atoms with Gasteiger partial charge in [-0.15, -0.1) is 0 Å². The number of pyridine rings is 1. The molecule has 0 N–H and O–H groups in total. The molecular weight excluding hydrogens is 352 g/mol. The molecule has 0 aliphatic carbocycles. The second kappa shape index (κ2) is 7.88. The molecule has 0 atom stereocenters. The smallest absolute Gasteiger partial charge is 0.272 e. The molecule has 1 saturated heterocycles. The van der Waals surface area contributed by atoms with Crippen molar-refractivity contribution in [2.45, 2.75) is 26.2 Å². The number of likely N-dealkylation sites (tertiary alicyclic amines) is 1. The molecule has 4 rings (SSSR count). The van der Waals surface area contributed by atoms with Gasteiger partial charge < -0.3 is 9.47 Å². The van der Waals surface area contributed by atoms with Crippen LogP contribution in [-0.2, 0) is 13.5 Å². The Kier molecular flexibility index (Phi) is 5.14. The largest absolute Gasteiger partial charge is 0.337 e. The van der Waals surface area contributed by atoms with Crippen LogP contribution in [0.4, 0.5) is 0 Å². The van der Waals surface area contributed by atoms with Gasteiger partial charge in [0.2, 0.25) is 0 Å². The third-order valence-corrected chi connectivity index (χ3v) is 5.27. The summed E-state index contributed by atoms with van der Waals surface area (Å²) in [5.41, 5.74) is 4.20. The van der Waals surface area contributed by atoms with Crippen LogP contribution in [0.1, 0.15) is 34.7 Å². The molecule has 1 aliphatic rings. The number of imidazole rings is 1. The molecule has 0 saturated carbocycles. The Balaban J connectivity index is 1.37. The Hall–Kier alpha value is -3.09. The van der Waals surface area contributed by atoms with Crippen molar-refractivity contribution in [3.05, 3.63) is 60.2 Å². The second-order valence-electron chi connectivity index (χ2n) is 7.39. The number of carbonyl (C=O) groups excluding carboxylic acids is 1. The number of aryl methyl sites for hydroxylation is 2. The lowest BCUT2D eigenvalue weighted by Crippen LogP contribution is -2.39. The fourth-order valence-electron chi connectivity index (χ4n) is 3.69. The number of nitrogens with zero attached hydrogens (tertiary/aromatic N) is 6.